The van der Waals surface area contributed by atoms with Gasteiger partial charge in [-0.2, -0.15) is 4.31 Å². The van der Waals surface area contributed by atoms with E-state index in [9.17, 15) is 18.0 Å². The number of carbonyl (C=O) groups excluding carboxylic acids is 2. The second kappa shape index (κ2) is 7.75. The predicted molar refractivity (Wildman–Crippen MR) is 112 cm³/mol. The van der Waals surface area contributed by atoms with E-state index < -0.39 is 10.0 Å². The third-order valence-electron chi connectivity index (χ3n) is 7.09. The summed E-state index contributed by atoms with van der Waals surface area (Å²) < 4.78 is 32.7. The smallest absolute Gasteiger partial charge is 0.320 e. The van der Waals surface area contributed by atoms with Gasteiger partial charge in [-0.25, -0.2) is 13.2 Å². The molecule has 3 amide bonds. The molecule has 1 unspecified atom stereocenters. The van der Waals surface area contributed by atoms with Crippen LogP contribution in [0.5, 0.6) is 0 Å². The molecule has 2 atom stereocenters. The van der Waals surface area contributed by atoms with E-state index in [0.717, 1.165) is 19.3 Å². The summed E-state index contributed by atoms with van der Waals surface area (Å²) in [6.45, 7) is 3.49. The summed E-state index contributed by atoms with van der Waals surface area (Å²) in [6, 6.07) is 8.40. The van der Waals surface area contributed by atoms with Gasteiger partial charge < -0.3 is 19.9 Å². The Hall–Kier alpha value is -2.17. The van der Waals surface area contributed by atoms with Gasteiger partial charge in [0.05, 0.1) is 17.0 Å². The van der Waals surface area contributed by atoms with Crippen molar-refractivity contribution >= 4 is 22.0 Å². The van der Waals surface area contributed by atoms with Gasteiger partial charge in [0, 0.05) is 44.7 Å². The van der Waals surface area contributed by atoms with E-state index in [0.29, 0.717) is 44.2 Å². The van der Waals surface area contributed by atoms with E-state index in [-0.39, 0.29) is 36.1 Å². The number of amides is 3. The molecule has 168 valence electrons. The fraction of sp³-hybridized carbons (Fsp3) is 0.619. The SMILES string of the molecule is O=C1COC2CCN(C(=O)N3CCC4(CC3)CN(S(=O)(=O)c3ccccc3)C4)C[C@H]2N1. The molecule has 0 saturated carbocycles. The Labute approximate surface area is 182 Å². The maximum absolute atomic E-state index is 13.0. The Bertz CT molecular complexity index is 953. The molecule has 1 aromatic rings. The first-order chi connectivity index (χ1) is 14.9. The van der Waals surface area contributed by atoms with Crippen molar-refractivity contribution < 1.29 is 22.7 Å². The van der Waals surface area contributed by atoms with Crippen LogP contribution < -0.4 is 5.32 Å². The number of piperidine rings is 2. The Balaban J connectivity index is 1.14. The van der Waals surface area contributed by atoms with Crippen LogP contribution in [0, 0.1) is 5.41 Å². The maximum Gasteiger partial charge on any atom is 0.320 e. The van der Waals surface area contributed by atoms with Crippen molar-refractivity contribution in [1.29, 1.82) is 0 Å². The molecule has 0 aliphatic carbocycles. The van der Waals surface area contributed by atoms with Crippen LogP contribution in [0.25, 0.3) is 0 Å². The Morgan fingerprint density at radius 1 is 1.06 bits per heavy atom. The van der Waals surface area contributed by atoms with Crippen LogP contribution >= 0.6 is 0 Å². The Kier molecular flexibility index (Phi) is 5.18. The molecule has 4 saturated heterocycles. The van der Waals surface area contributed by atoms with Crippen molar-refractivity contribution in [2.45, 2.75) is 36.3 Å². The number of sulfonamides is 1. The van der Waals surface area contributed by atoms with Crippen LogP contribution in [0.15, 0.2) is 35.2 Å². The normalized spacial score (nSPS) is 28.6. The zero-order valence-corrected chi connectivity index (χ0v) is 18.2. The highest BCUT2D eigenvalue weighted by atomic mass is 32.2. The summed E-state index contributed by atoms with van der Waals surface area (Å²) in [4.78, 5) is 28.6. The first-order valence-electron chi connectivity index (χ1n) is 10.9. The van der Waals surface area contributed by atoms with Gasteiger partial charge >= 0.3 is 6.03 Å². The molecule has 1 N–H and O–H groups in total. The highest BCUT2D eigenvalue weighted by Crippen LogP contribution is 2.43. The van der Waals surface area contributed by atoms with Gasteiger partial charge in [0.15, 0.2) is 0 Å². The van der Waals surface area contributed by atoms with E-state index in [2.05, 4.69) is 5.32 Å². The van der Waals surface area contributed by atoms with Gasteiger partial charge in [0.1, 0.15) is 6.61 Å². The monoisotopic (exact) mass is 448 g/mol. The highest BCUT2D eigenvalue weighted by molar-refractivity contribution is 7.89. The number of ether oxygens (including phenoxy) is 1. The summed E-state index contributed by atoms with van der Waals surface area (Å²) in [7, 11) is -3.44. The van der Waals surface area contributed by atoms with Gasteiger partial charge in [-0.15, -0.1) is 0 Å². The van der Waals surface area contributed by atoms with Crippen molar-refractivity contribution in [2.24, 2.45) is 5.41 Å². The molecule has 4 fully saturated rings. The second-order valence-corrected chi connectivity index (χ2v) is 11.1. The molecule has 5 rings (SSSR count). The number of hydrogen-bond donors (Lipinski definition) is 1. The number of morpholine rings is 1. The lowest BCUT2D eigenvalue weighted by Gasteiger charge is -2.53. The number of nitrogens with zero attached hydrogens (tertiary/aromatic N) is 3. The fourth-order valence-electron chi connectivity index (χ4n) is 5.18. The van der Waals surface area contributed by atoms with Crippen LogP contribution in [-0.4, -0.2) is 92.5 Å². The van der Waals surface area contributed by atoms with Gasteiger partial charge in [-0.3, -0.25) is 4.79 Å². The fourth-order valence-corrected chi connectivity index (χ4v) is 6.86. The van der Waals surface area contributed by atoms with Gasteiger partial charge in [-0.05, 0) is 31.4 Å². The molecule has 0 aromatic heterocycles. The number of likely N-dealkylation sites (tertiary alicyclic amines) is 2. The van der Waals surface area contributed by atoms with Crippen LogP contribution in [0.2, 0.25) is 0 Å². The molecule has 4 heterocycles. The summed E-state index contributed by atoms with van der Waals surface area (Å²) in [5.41, 5.74) is -0.0309. The minimum absolute atomic E-state index is 0.00112. The van der Waals surface area contributed by atoms with E-state index in [1.807, 2.05) is 4.90 Å². The van der Waals surface area contributed by atoms with Gasteiger partial charge in [0.2, 0.25) is 15.9 Å². The van der Waals surface area contributed by atoms with E-state index in [4.69, 9.17) is 4.74 Å². The van der Waals surface area contributed by atoms with Gasteiger partial charge in [0.25, 0.3) is 0 Å². The summed E-state index contributed by atoms with van der Waals surface area (Å²) in [5.74, 6) is -0.129. The molecule has 0 radical (unpaired) electrons. The summed E-state index contributed by atoms with van der Waals surface area (Å²) >= 11 is 0. The first-order valence-corrected chi connectivity index (χ1v) is 12.3. The molecular formula is C21H28N4O5S. The zero-order valence-electron chi connectivity index (χ0n) is 17.4. The number of benzene rings is 1. The van der Waals surface area contributed by atoms with E-state index >= 15 is 0 Å². The maximum atomic E-state index is 13.0. The second-order valence-electron chi connectivity index (χ2n) is 9.11. The highest BCUT2D eigenvalue weighted by Gasteiger charge is 2.50. The Morgan fingerprint density at radius 3 is 2.48 bits per heavy atom. The third-order valence-corrected chi connectivity index (χ3v) is 8.90. The van der Waals surface area contributed by atoms with Gasteiger partial charge in [-0.1, -0.05) is 18.2 Å². The van der Waals surface area contributed by atoms with Crippen molar-refractivity contribution in [1.82, 2.24) is 19.4 Å². The van der Waals surface area contributed by atoms with Crippen LogP contribution in [-0.2, 0) is 19.6 Å². The van der Waals surface area contributed by atoms with Crippen molar-refractivity contribution in [3.63, 3.8) is 0 Å². The molecule has 4 aliphatic heterocycles. The van der Waals surface area contributed by atoms with Crippen LogP contribution in [0.3, 0.4) is 0 Å². The quantitative estimate of drug-likeness (QED) is 0.710. The molecule has 4 aliphatic rings. The first kappa shape index (κ1) is 20.7. The third kappa shape index (κ3) is 3.81. The molecule has 10 heteroatoms. The van der Waals surface area contributed by atoms with Crippen molar-refractivity contribution in [3.05, 3.63) is 30.3 Å². The average Bonchev–Trinajstić information content (AvgIpc) is 2.77. The number of rotatable bonds is 2. The standard InChI is InChI=1S/C21H28N4O5S/c26-19-13-30-18-6-9-24(12-17(18)22-19)20(27)23-10-7-21(8-11-23)14-25(15-21)31(28,29)16-4-2-1-3-5-16/h1-5,17-18H,6-15H2,(H,22,26)/t17-,18?/m1/s1. The lowest BCUT2D eigenvalue weighted by atomic mass is 9.73. The largest absolute Gasteiger partial charge is 0.366 e. The van der Waals surface area contributed by atoms with E-state index in [1.165, 1.54) is 0 Å². The molecule has 1 spiro atoms. The molecular weight excluding hydrogens is 420 g/mol. The number of carbonyl (C=O) groups is 2. The predicted octanol–water partition coefficient (Wildman–Crippen LogP) is 0.482. The average molecular weight is 449 g/mol. The van der Waals surface area contributed by atoms with Crippen molar-refractivity contribution in [2.75, 3.05) is 45.9 Å². The minimum Gasteiger partial charge on any atom is -0.366 e. The van der Waals surface area contributed by atoms with Crippen molar-refractivity contribution in [3.8, 4) is 0 Å². The summed E-state index contributed by atoms with van der Waals surface area (Å²) in [5, 5.41) is 2.93. The summed E-state index contributed by atoms with van der Waals surface area (Å²) in [6.07, 6.45) is 2.32. The topological polar surface area (TPSA) is 99.3 Å². The lowest BCUT2D eigenvalue weighted by molar-refractivity contribution is -0.139. The Morgan fingerprint density at radius 2 is 1.77 bits per heavy atom. The molecule has 31 heavy (non-hydrogen) atoms. The van der Waals surface area contributed by atoms with Crippen LogP contribution in [0.1, 0.15) is 19.3 Å². The number of fused-ring (bicyclic) bond motifs is 1. The minimum atomic E-state index is -3.44. The number of urea groups is 1. The molecule has 9 nitrogen and oxygen atoms in total. The lowest BCUT2D eigenvalue weighted by Crippen LogP contribution is -2.64. The van der Waals surface area contributed by atoms with Crippen LogP contribution in [0.4, 0.5) is 4.79 Å². The zero-order chi connectivity index (χ0) is 21.6. The number of nitrogens with one attached hydrogen (secondary N) is 1. The number of hydrogen-bond acceptors (Lipinski definition) is 5. The molecule has 0 bridgehead atoms. The van der Waals surface area contributed by atoms with E-state index in [1.54, 1.807) is 39.5 Å². The molecule has 1 aromatic carbocycles.